The molecule has 5 nitrogen and oxygen atoms in total. The average Bonchev–Trinajstić information content (AvgIpc) is 2.40. The Balaban J connectivity index is 2.10. The SMILES string of the molecule is CN(CC1CCCCO1)S(=O)(=O)c1cncc(Br)c1. The summed E-state index contributed by atoms with van der Waals surface area (Å²) in [6.07, 6.45) is 5.98. The van der Waals surface area contributed by atoms with Gasteiger partial charge in [-0.2, -0.15) is 4.31 Å². The van der Waals surface area contributed by atoms with Crippen molar-refractivity contribution in [3.05, 3.63) is 22.9 Å². The van der Waals surface area contributed by atoms with Crippen LogP contribution in [0.1, 0.15) is 19.3 Å². The van der Waals surface area contributed by atoms with E-state index < -0.39 is 10.0 Å². The molecule has 2 rings (SSSR count). The Morgan fingerprint density at radius 3 is 2.89 bits per heavy atom. The number of nitrogens with zero attached hydrogens (tertiary/aromatic N) is 2. The summed E-state index contributed by atoms with van der Waals surface area (Å²) in [5, 5.41) is 0. The van der Waals surface area contributed by atoms with Crippen LogP contribution in [-0.2, 0) is 14.8 Å². The second-order valence-electron chi connectivity index (χ2n) is 4.61. The summed E-state index contributed by atoms with van der Waals surface area (Å²) in [5.41, 5.74) is 0. The predicted octanol–water partition coefficient (Wildman–Crippen LogP) is 2.03. The maximum atomic E-state index is 12.4. The molecule has 0 radical (unpaired) electrons. The van der Waals surface area contributed by atoms with Gasteiger partial charge in [-0.3, -0.25) is 4.98 Å². The second kappa shape index (κ2) is 6.30. The molecule has 7 heteroatoms. The molecule has 1 atom stereocenters. The van der Waals surface area contributed by atoms with Gasteiger partial charge in [0.2, 0.25) is 10.0 Å². The van der Waals surface area contributed by atoms with Gasteiger partial charge in [-0.05, 0) is 41.3 Å². The highest BCUT2D eigenvalue weighted by Crippen LogP contribution is 2.20. The van der Waals surface area contributed by atoms with E-state index in [-0.39, 0.29) is 11.0 Å². The standard InChI is InChI=1S/C12H17BrN2O3S/c1-15(9-11-4-2-3-5-18-11)19(16,17)12-6-10(13)7-14-8-12/h6-8,11H,2-5,9H2,1H3. The Labute approximate surface area is 122 Å². The number of hydrogen-bond donors (Lipinski definition) is 0. The summed E-state index contributed by atoms with van der Waals surface area (Å²) in [6, 6.07) is 1.56. The monoisotopic (exact) mass is 348 g/mol. The van der Waals surface area contributed by atoms with E-state index in [1.54, 1.807) is 19.3 Å². The molecule has 106 valence electrons. The van der Waals surface area contributed by atoms with Crippen molar-refractivity contribution < 1.29 is 13.2 Å². The number of likely N-dealkylation sites (N-methyl/N-ethyl adjacent to an activating group) is 1. The number of ether oxygens (including phenoxy) is 1. The van der Waals surface area contributed by atoms with Crippen LogP contribution < -0.4 is 0 Å². The van der Waals surface area contributed by atoms with Crippen molar-refractivity contribution >= 4 is 26.0 Å². The molecule has 1 aromatic heterocycles. The van der Waals surface area contributed by atoms with E-state index in [0.717, 1.165) is 25.9 Å². The van der Waals surface area contributed by atoms with Crippen LogP contribution in [0.15, 0.2) is 27.8 Å². The summed E-state index contributed by atoms with van der Waals surface area (Å²) in [7, 11) is -1.92. The normalized spacial score (nSPS) is 20.7. The number of hydrogen-bond acceptors (Lipinski definition) is 4. The molecule has 0 spiro atoms. The minimum absolute atomic E-state index is 0.00589. The van der Waals surface area contributed by atoms with Crippen molar-refractivity contribution in [3.8, 4) is 0 Å². The van der Waals surface area contributed by atoms with Crippen LogP contribution in [0.2, 0.25) is 0 Å². The van der Waals surface area contributed by atoms with Crippen molar-refractivity contribution in [2.75, 3.05) is 20.2 Å². The number of pyridine rings is 1. The zero-order valence-corrected chi connectivity index (χ0v) is 13.2. The summed E-state index contributed by atoms with van der Waals surface area (Å²) in [5.74, 6) is 0. The first-order chi connectivity index (χ1) is 9.00. The summed E-state index contributed by atoms with van der Waals surface area (Å²) in [4.78, 5) is 4.09. The predicted molar refractivity (Wildman–Crippen MR) is 75.3 cm³/mol. The molecule has 0 aromatic carbocycles. The lowest BCUT2D eigenvalue weighted by Crippen LogP contribution is -2.37. The van der Waals surface area contributed by atoms with E-state index in [9.17, 15) is 8.42 Å². The fourth-order valence-corrected chi connectivity index (χ4v) is 3.76. The minimum atomic E-state index is -3.50. The first kappa shape index (κ1) is 14.9. The third kappa shape index (κ3) is 3.75. The molecule has 1 unspecified atom stereocenters. The molecule has 0 amide bonds. The molecule has 1 aliphatic rings. The quantitative estimate of drug-likeness (QED) is 0.835. The van der Waals surface area contributed by atoms with E-state index in [1.165, 1.54) is 10.5 Å². The molecule has 0 N–H and O–H groups in total. The van der Waals surface area contributed by atoms with Gasteiger partial charge in [-0.25, -0.2) is 8.42 Å². The number of rotatable bonds is 4. The van der Waals surface area contributed by atoms with Gasteiger partial charge < -0.3 is 4.74 Å². The molecular weight excluding hydrogens is 332 g/mol. The van der Waals surface area contributed by atoms with Crippen LogP contribution in [0.25, 0.3) is 0 Å². The lowest BCUT2D eigenvalue weighted by Gasteiger charge is -2.27. The lowest BCUT2D eigenvalue weighted by atomic mass is 10.1. The molecular formula is C12H17BrN2O3S. The number of sulfonamides is 1. The summed E-state index contributed by atoms with van der Waals surface area (Å²) >= 11 is 3.23. The minimum Gasteiger partial charge on any atom is -0.377 e. The van der Waals surface area contributed by atoms with Gasteiger partial charge in [0.05, 0.1) is 6.10 Å². The van der Waals surface area contributed by atoms with Gasteiger partial charge in [-0.1, -0.05) is 0 Å². The van der Waals surface area contributed by atoms with Gasteiger partial charge in [-0.15, -0.1) is 0 Å². The highest BCUT2D eigenvalue weighted by atomic mass is 79.9. The zero-order chi connectivity index (χ0) is 13.9. The highest BCUT2D eigenvalue weighted by Gasteiger charge is 2.25. The van der Waals surface area contributed by atoms with Crippen LogP contribution in [0.5, 0.6) is 0 Å². The molecule has 2 heterocycles. The highest BCUT2D eigenvalue weighted by molar-refractivity contribution is 9.10. The molecule has 1 aliphatic heterocycles. The van der Waals surface area contributed by atoms with Crippen molar-refractivity contribution in [2.24, 2.45) is 0 Å². The van der Waals surface area contributed by atoms with Crippen LogP contribution in [0.3, 0.4) is 0 Å². The topological polar surface area (TPSA) is 59.5 Å². The van der Waals surface area contributed by atoms with E-state index in [2.05, 4.69) is 20.9 Å². The van der Waals surface area contributed by atoms with Gasteiger partial charge >= 0.3 is 0 Å². The van der Waals surface area contributed by atoms with E-state index in [1.807, 2.05) is 0 Å². The van der Waals surface area contributed by atoms with Crippen LogP contribution in [-0.4, -0.2) is 44.0 Å². The number of halogens is 1. The Morgan fingerprint density at radius 1 is 1.47 bits per heavy atom. The molecule has 1 saturated heterocycles. The maximum absolute atomic E-state index is 12.4. The molecule has 19 heavy (non-hydrogen) atoms. The molecule has 0 aliphatic carbocycles. The fraction of sp³-hybridized carbons (Fsp3) is 0.583. The number of aromatic nitrogens is 1. The first-order valence-corrected chi connectivity index (χ1v) is 8.42. The van der Waals surface area contributed by atoms with E-state index in [4.69, 9.17) is 4.74 Å². The van der Waals surface area contributed by atoms with Gasteiger partial charge in [0, 0.05) is 37.1 Å². The van der Waals surface area contributed by atoms with Crippen molar-refractivity contribution in [2.45, 2.75) is 30.3 Å². The Morgan fingerprint density at radius 2 is 2.26 bits per heavy atom. The third-order valence-corrected chi connectivity index (χ3v) is 5.35. The van der Waals surface area contributed by atoms with Crippen molar-refractivity contribution in [1.29, 1.82) is 0 Å². The van der Waals surface area contributed by atoms with Gasteiger partial charge in [0.15, 0.2) is 0 Å². The Hall–Kier alpha value is -0.500. The smallest absolute Gasteiger partial charge is 0.244 e. The second-order valence-corrected chi connectivity index (χ2v) is 7.57. The zero-order valence-electron chi connectivity index (χ0n) is 10.8. The fourth-order valence-electron chi connectivity index (χ4n) is 2.05. The Kier molecular flexibility index (Phi) is 4.94. The van der Waals surface area contributed by atoms with Crippen molar-refractivity contribution in [3.63, 3.8) is 0 Å². The molecule has 1 fully saturated rings. The van der Waals surface area contributed by atoms with Gasteiger partial charge in [0.25, 0.3) is 0 Å². The first-order valence-electron chi connectivity index (χ1n) is 6.18. The summed E-state index contributed by atoms with van der Waals surface area (Å²) in [6.45, 7) is 1.10. The van der Waals surface area contributed by atoms with Gasteiger partial charge in [0.1, 0.15) is 4.90 Å². The molecule has 0 saturated carbocycles. The molecule has 0 bridgehead atoms. The lowest BCUT2D eigenvalue weighted by molar-refractivity contribution is 0.00858. The summed E-state index contributed by atoms with van der Waals surface area (Å²) < 4.78 is 32.3. The van der Waals surface area contributed by atoms with Crippen LogP contribution in [0, 0.1) is 0 Å². The van der Waals surface area contributed by atoms with E-state index in [0.29, 0.717) is 11.0 Å². The maximum Gasteiger partial charge on any atom is 0.244 e. The van der Waals surface area contributed by atoms with Crippen molar-refractivity contribution in [1.82, 2.24) is 9.29 Å². The largest absolute Gasteiger partial charge is 0.377 e. The molecule has 1 aromatic rings. The Bertz CT molecular complexity index is 530. The van der Waals surface area contributed by atoms with Crippen LogP contribution >= 0.6 is 15.9 Å². The van der Waals surface area contributed by atoms with Crippen LogP contribution in [0.4, 0.5) is 0 Å². The third-order valence-electron chi connectivity index (χ3n) is 3.12. The average molecular weight is 349 g/mol. The van der Waals surface area contributed by atoms with E-state index >= 15 is 0 Å².